The van der Waals surface area contributed by atoms with E-state index in [-0.39, 0.29) is 5.91 Å². The van der Waals surface area contributed by atoms with Gasteiger partial charge in [-0.05, 0) is 51.1 Å². The van der Waals surface area contributed by atoms with Gasteiger partial charge in [0, 0.05) is 29.4 Å². The topological polar surface area (TPSA) is 118 Å². The third-order valence-corrected chi connectivity index (χ3v) is 6.39. The molecule has 1 aliphatic carbocycles. The number of nitrogens with zero attached hydrogens (tertiary/aromatic N) is 5. The van der Waals surface area contributed by atoms with Gasteiger partial charge in [0.2, 0.25) is 5.91 Å². The zero-order valence-electron chi connectivity index (χ0n) is 17.5. The fourth-order valence-corrected chi connectivity index (χ4v) is 4.82. The number of hydrogen-bond donors (Lipinski definition) is 2. The fourth-order valence-electron chi connectivity index (χ4n) is 3.97. The second-order valence-corrected chi connectivity index (χ2v) is 8.19. The van der Waals surface area contributed by atoms with E-state index in [1.165, 1.54) is 11.9 Å². The largest absolute Gasteiger partial charge is 0.496 e. The third kappa shape index (κ3) is 3.45. The summed E-state index contributed by atoms with van der Waals surface area (Å²) in [5, 5.41) is 13.5. The first kappa shape index (κ1) is 20.4. The Labute approximate surface area is 179 Å². The van der Waals surface area contributed by atoms with E-state index in [0.29, 0.717) is 24.6 Å². The van der Waals surface area contributed by atoms with Crippen molar-refractivity contribution in [3.8, 4) is 5.75 Å². The number of carbonyl (C=O) groups excluding carboxylic acids is 1. The van der Waals surface area contributed by atoms with Gasteiger partial charge in [0.1, 0.15) is 23.3 Å². The van der Waals surface area contributed by atoms with E-state index >= 15 is 0 Å². The Morgan fingerprint density at radius 3 is 2.90 bits per heavy atom. The zero-order chi connectivity index (χ0) is 21.4. The van der Waals surface area contributed by atoms with Gasteiger partial charge >= 0.3 is 0 Å². The van der Waals surface area contributed by atoms with Crippen LogP contribution in [-0.4, -0.2) is 52.2 Å². The summed E-state index contributed by atoms with van der Waals surface area (Å²) in [6.07, 6.45) is 3.28. The number of aromatic nitrogens is 1. The molecule has 2 aliphatic heterocycles. The third-order valence-electron chi connectivity index (χ3n) is 5.37. The van der Waals surface area contributed by atoms with Crippen LogP contribution >= 0.6 is 11.9 Å². The van der Waals surface area contributed by atoms with Crippen molar-refractivity contribution in [2.75, 3.05) is 13.7 Å². The summed E-state index contributed by atoms with van der Waals surface area (Å²) in [6.45, 7) is 6.80. The van der Waals surface area contributed by atoms with E-state index in [1.807, 2.05) is 20.8 Å². The van der Waals surface area contributed by atoms with Crippen molar-refractivity contribution in [1.82, 2.24) is 15.4 Å². The van der Waals surface area contributed by atoms with Gasteiger partial charge in [-0.2, -0.15) is 19.7 Å². The minimum absolute atomic E-state index is 0.0574. The molecule has 1 unspecified atom stereocenters. The summed E-state index contributed by atoms with van der Waals surface area (Å²) < 4.78 is 9.88. The maximum absolute atomic E-state index is 12.6. The number of aryl methyl sites for hydroxylation is 1. The van der Waals surface area contributed by atoms with Crippen molar-refractivity contribution < 1.29 is 9.53 Å². The van der Waals surface area contributed by atoms with Crippen molar-refractivity contribution in [2.45, 2.75) is 45.4 Å². The van der Waals surface area contributed by atoms with E-state index in [2.05, 4.69) is 19.8 Å². The molecule has 1 atom stereocenters. The standard InChI is InChI=1S/C20H25N7O2S/c1-5-22-20(28)18-12-6-7-13-15(12)16(19(21)26-30-18)25-27(24-13)9-14-11(3)17(29-4)10(2)8-23-14/h8,18H,5-7,9H2,1-4H3,(H2,21,26)(H,22,28). The molecular weight excluding hydrogens is 402 g/mol. The molecule has 0 saturated heterocycles. The van der Waals surface area contributed by atoms with Gasteiger partial charge in [0.15, 0.2) is 5.84 Å². The highest BCUT2D eigenvalue weighted by Gasteiger charge is 2.39. The van der Waals surface area contributed by atoms with Crippen LogP contribution in [0.15, 0.2) is 31.9 Å². The molecule has 30 heavy (non-hydrogen) atoms. The Hall–Kier alpha value is -2.88. The fraction of sp³-hybridized carbons (Fsp3) is 0.450. The van der Waals surface area contributed by atoms with Gasteiger partial charge in [-0.3, -0.25) is 9.78 Å². The van der Waals surface area contributed by atoms with E-state index < -0.39 is 5.25 Å². The molecule has 0 aromatic carbocycles. The summed E-state index contributed by atoms with van der Waals surface area (Å²) in [4.78, 5) is 17.1. The van der Waals surface area contributed by atoms with Crippen LogP contribution in [0.1, 0.15) is 36.6 Å². The Bertz CT molecular complexity index is 1030. The molecule has 0 spiro atoms. The molecule has 0 radical (unpaired) electrons. The van der Waals surface area contributed by atoms with Crippen LogP contribution in [0.2, 0.25) is 0 Å². The molecular formula is C20H25N7O2S. The molecule has 3 N–H and O–H groups in total. The maximum atomic E-state index is 12.6. The van der Waals surface area contributed by atoms with Crippen LogP contribution in [0.25, 0.3) is 0 Å². The normalized spacial score (nSPS) is 20.2. The Balaban J connectivity index is 1.70. The summed E-state index contributed by atoms with van der Waals surface area (Å²) in [5.41, 5.74) is 12.4. The van der Waals surface area contributed by atoms with E-state index in [0.717, 1.165) is 52.3 Å². The van der Waals surface area contributed by atoms with Crippen molar-refractivity contribution in [2.24, 2.45) is 20.3 Å². The van der Waals surface area contributed by atoms with Gasteiger partial charge in [0.05, 0.1) is 18.5 Å². The quantitative estimate of drug-likeness (QED) is 0.693. The summed E-state index contributed by atoms with van der Waals surface area (Å²) in [5.74, 6) is 1.07. The van der Waals surface area contributed by atoms with Gasteiger partial charge in [-0.15, -0.1) is 0 Å². The minimum atomic E-state index is -0.407. The number of hydrogen-bond acceptors (Lipinski definition) is 9. The first-order valence-corrected chi connectivity index (χ1v) is 10.7. The number of rotatable bonds is 5. The second kappa shape index (κ2) is 8.10. The van der Waals surface area contributed by atoms with Gasteiger partial charge < -0.3 is 15.8 Å². The average Bonchev–Trinajstić information content (AvgIpc) is 3.07. The molecule has 3 aliphatic rings. The lowest BCUT2D eigenvalue weighted by Gasteiger charge is -2.23. The van der Waals surface area contributed by atoms with Crippen molar-refractivity contribution in [1.29, 1.82) is 0 Å². The number of amidine groups is 1. The number of nitrogens with two attached hydrogens (primary N) is 1. The SMILES string of the molecule is CCNC(=O)C1SN=C(N)C2=NN(Cc3ncc(C)c(OC)c3C)N=C3CCC1=C32. The van der Waals surface area contributed by atoms with Crippen LogP contribution in [0.3, 0.4) is 0 Å². The molecule has 9 nitrogen and oxygen atoms in total. The first-order valence-electron chi connectivity index (χ1n) is 9.88. The lowest BCUT2D eigenvalue weighted by Crippen LogP contribution is -2.35. The number of methoxy groups -OCH3 is 1. The highest BCUT2D eigenvalue weighted by molar-refractivity contribution is 7.99. The molecule has 0 saturated carbocycles. The van der Waals surface area contributed by atoms with Gasteiger partial charge in [-0.1, -0.05) is 0 Å². The van der Waals surface area contributed by atoms with E-state index in [1.54, 1.807) is 18.4 Å². The second-order valence-electron chi connectivity index (χ2n) is 7.33. The number of nitrogens with one attached hydrogen (secondary N) is 1. The lowest BCUT2D eigenvalue weighted by atomic mass is 10.0. The number of carbonyl (C=O) groups is 1. The molecule has 3 heterocycles. The van der Waals surface area contributed by atoms with Crippen molar-refractivity contribution >= 4 is 35.1 Å². The number of pyridine rings is 1. The summed E-state index contributed by atoms with van der Waals surface area (Å²) in [7, 11) is 1.66. The molecule has 4 rings (SSSR count). The van der Waals surface area contributed by atoms with Crippen LogP contribution in [0.5, 0.6) is 5.75 Å². The van der Waals surface area contributed by atoms with E-state index in [9.17, 15) is 4.79 Å². The first-order chi connectivity index (χ1) is 14.4. The minimum Gasteiger partial charge on any atom is -0.496 e. The highest BCUT2D eigenvalue weighted by Crippen LogP contribution is 2.38. The molecule has 0 bridgehead atoms. The summed E-state index contributed by atoms with van der Waals surface area (Å²) in [6, 6.07) is 0. The molecule has 10 heteroatoms. The number of hydrazone groups is 2. The predicted octanol–water partition coefficient (Wildman–Crippen LogP) is 1.85. The number of ether oxygens (including phenoxy) is 1. The van der Waals surface area contributed by atoms with Crippen molar-refractivity contribution in [3.63, 3.8) is 0 Å². The highest BCUT2D eigenvalue weighted by atomic mass is 32.2. The Kier molecular flexibility index (Phi) is 5.50. The summed E-state index contributed by atoms with van der Waals surface area (Å²) >= 11 is 1.19. The smallest absolute Gasteiger partial charge is 0.239 e. The maximum Gasteiger partial charge on any atom is 0.239 e. The number of amides is 1. The average molecular weight is 428 g/mol. The van der Waals surface area contributed by atoms with Gasteiger partial charge in [-0.25, -0.2) is 0 Å². The Morgan fingerprint density at radius 2 is 2.17 bits per heavy atom. The molecule has 1 amide bonds. The molecule has 1 aromatic heterocycles. The van der Waals surface area contributed by atoms with Crippen LogP contribution in [0, 0.1) is 13.8 Å². The molecule has 158 valence electrons. The monoisotopic (exact) mass is 427 g/mol. The van der Waals surface area contributed by atoms with Crippen LogP contribution < -0.4 is 15.8 Å². The van der Waals surface area contributed by atoms with Gasteiger partial charge in [0.25, 0.3) is 0 Å². The zero-order valence-corrected chi connectivity index (χ0v) is 18.3. The van der Waals surface area contributed by atoms with Crippen LogP contribution in [-0.2, 0) is 11.3 Å². The lowest BCUT2D eigenvalue weighted by molar-refractivity contribution is -0.119. The van der Waals surface area contributed by atoms with Crippen molar-refractivity contribution in [3.05, 3.63) is 34.2 Å². The Morgan fingerprint density at radius 1 is 1.37 bits per heavy atom. The molecule has 0 fully saturated rings. The predicted molar refractivity (Wildman–Crippen MR) is 119 cm³/mol. The van der Waals surface area contributed by atoms with E-state index in [4.69, 9.17) is 15.6 Å². The molecule has 1 aromatic rings. The van der Waals surface area contributed by atoms with Crippen LogP contribution in [0.4, 0.5) is 0 Å².